The third-order valence-corrected chi connectivity index (χ3v) is 4.26. The molecule has 0 saturated carbocycles. The highest BCUT2D eigenvalue weighted by molar-refractivity contribution is 6.39. The van der Waals surface area contributed by atoms with Crippen LogP contribution in [0.25, 0.3) is 22.6 Å². The topological polar surface area (TPSA) is 63.3 Å². The van der Waals surface area contributed by atoms with Gasteiger partial charge in [-0.2, -0.15) is 0 Å². The van der Waals surface area contributed by atoms with E-state index >= 15 is 0 Å². The van der Waals surface area contributed by atoms with Crippen LogP contribution in [0.3, 0.4) is 0 Å². The van der Waals surface area contributed by atoms with Gasteiger partial charge in [0, 0.05) is 17.3 Å². The Hall–Kier alpha value is -2.30. The highest BCUT2D eigenvalue weighted by Gasteiger charge is 2.23. The lowest BCUT2D eigenvalue weighted by molar-refractivity contribution is 0.450. The third kappa shape index (κ3) is 2.79. The summed E-state index contributed by atoms with van der Waals surface area (Å²) < 4.78 is 5.41. The Morgan fingerprint density at radius 1 is 1.08 bits per heavy atom. The molecular weight excluding hydrogens is 349 g/mol. The Kier molecular flexibility index (Phi) is 4.35. The fourth-order valence-electron chi connectivity index (χ4n) is 2.51. The second-order valence-electron chi connectivity index (χ2n) is 5.39. The molecule has 1 aromatic carbocycles. The normalized spacial score (nSPS) is 10.8. The molecule has 3 rings (SSSR count). The van der Waals surface area contributed by atoms with Gasteiger partial charge in [-0.25, -0.2) is 4.79 Å². The van der Waals surface area contributed by atoms with Crippen molar-refractivity contribution in [1.29, 1.82) is 0 Å². The van der Waals surface area contributed by atoms with Crippen molar-refractivity contribution in [2.24, 2.45) is 0 Å². The number of nitrogens with zero attached hydrogens (tertiary/aromatic N) is 1. The minimum atomic E-state index is -0.730. The molecule has 0 amide bonds. The molecule has 1 N–H and O–H groups in total. The van der Waals surface area contributed by atoms with E-state index in [1.165, 1.54) is 0 Å². The summed E-state index contributed by atoms with van der Waals surface area (Å²) in [6.07, 6.45) is 1.58. The maximum absolute atomic E-state index is 12.5. The maximum atomic E-state index is 12.5. The molecule has 2 heterocycles. The Morgan fingerprint density at radius 2 is 1.75 bits per heavy atom. The van der Waals surface area contributed by atoms with Crippen molar-refractivity contribution in [3.63, 3.8) is 0 Å². The van der Waals surface area contributed by atoms with Gasteiger partial charge in [-0.05, 0) is 43.7 Å². The fourth-order valence-corrected chi connectivity index (χ4v) is 3.30. The minimum Gasteiger partial charge on any atom is -0.507 e. The van der Waals surface area contributed by atoms with E-state index in [2.05, 4.69) is 4.98 Å². The van der Waals surface area contributed by atoms with E-state index in [9.17, 15) is 9.90 Å². The van der Waals surface area contributed by atoms with Crippen molar-refractivity contribution in [3.05, 3.63) is 68.1 Å². The number of aryl methyl sites for hydroxylation is 1. The second-order valence-corrected chi connectivity index (χ2v) is 6.20. The molecule has 4 nitrogen and oxygen atoms in total. The summed E-state index contributed by atoms with van der Waals surface area (Å²) in [5.41, 5.74) is 1.16. The average Bonchev–Trinajstić information content (AvgIpc) is 2.54. The zero-order valence-electron chi connectivity index (χ0n) is 12.9. The van der Waals surface area contributed by atoms with E-state index in [4.69, 9.17) is 27.6 Å². The summed E-state index contributed by atoms with van der Waals surface area (Å²) >= 11 is 12.5. The molecule has 0 spiro atoms. The van der Waals surface area contributed by atoms with E-state index in [0.717, 1.165) is 5.56 Å². The van der Waals surface area contributed by atoms with Crippen LogP contribution in [0.5, 0.6) is 5.75 Å². The zero-order valence-corrected chi connectivity index (χ0v) is 14.4. The van der Waals surface area contributed by atoms with Crippen molar-refractivity contribution in [2.75, 3.05) is 0 Å². The van der Waals surface area contributed by atoms with Gasteiger partial charge in [0.1, 0.15) is 17.0 Å². The molecule has 6 heteroatoms. The van der Waals surface area contributed by atoms with E-state index in [0.29, 0.717) is 11.3 Å². The van der Waals surface area contributed by atoms with Gasteiger partial charge in [0.2, 0.25) is 0 Å². The summed E-state index contributed by atoms with van der Waals surface area (Å²) in [5.74, 6) is -0.0132. The van der Waals surface area contributed by atoms with Crippen molar-refractivity contribution < 1.29 is 9.52 Å². The first-order valence-electron chi connectivity index (χ1n) is 7.14. The van der Waals surface area contributed by atoms with Gasteiger partial charge < -0.3 is 9.52 Å². The largest absolute Gasteiger partial charge is 0.507 e. The van der Waals surface area contributed by atoms with Crippen molar-refractivity contribution in [3.8, 4) is 28.3 Å². The van der Waals surface area contributed by atoms with Crippen LogP contribution in [0.4, 0.5) is 0 Å². The Labute approximate surface area is 148 Å². The van der Waals surface area contributed by atoms with Crippen molar-refractivity contribution >= 4 is 23.2 Å². The number of rotatable bonds is 2. The maximum Gasteiger partial charge on any atom is 0.348 e. The summed E-state index contributed by atoms with van der Waals surface area (Å²) in [7, 11) is 0. The van der Waals surface area contributed by atoms with Gasteiger partial charge in [0.15, 0.2) is 5.76 Å². The molecule has 24 heavy (non-hydrogen) atoms. The number of aromatic nitrogens is 1. The van der Waals surface area contributed by atoms with Gasteiger partial charge >= 0.3 is 5.63 Å². The Morgan fingerprint density at radius 3 is 2.33 bits per heavy atom. The number of aromatic hydroxyl groups is 1. The second kappa shape index (κ2) is 6.30. The van der Waals surface area contributed by atoms with Crippen LogP contribution in [-0.2, 0) is 0 Å². The first-order chi connectivity index (χ1) is 11.4. The van der Waals surface area contributed by atoms with Gasteiger partial charge in [0.25, 0.3) is 0 Å². The smallest absolute Gasteiger partial charge is 0.348 e. The molecular formula is C18H13Cl2NO3. The average molecular weight is 362 g/mol. The van der Waals surface area contributed by atoms with Crippen molar-refractivity contribution in [1.82, 2.24) is 4.98 Å². The molecule has 3 aromatic rings. The van der Waals surface area contributed by atoms with Crippen LogP contribution in [-0.4, -0.2) is 10.1 Å². The molecule has 0 atom stereocenters. The molecule has 0 fully saturated rings. The van der Waals surface area contributed by atoms with E-state index < -0.39 is 5.63 Å². The number of hydrogen-bond donors (Lipinski definition) is 1. The van der Waals surface area contributed by atoms with Gasteiger partial charge in [-0.15, -0.1) is 0 Å². The van der Waals surface area contributed by atoms with Crippen LogP contribution in [0, 0.1) is 13.8 Å². The van der Waals surface area contributed by atoms with E-state index in [1.807, 2.05) is 6.92 Å². The monoisotopic (exact) mass is 361 g/mol. The molecule has 2 aromatic heterocycles. The van der Waals surface area contributed by atoms with Crippen LogP contribution in [0.1, 0.15) is 11.1 Å². The Balaban J connectivity index is 2.30. The van der Waals surface area contributed by atoms with E-state index in [1.54, 1.807) is 43.5 Å². The predicted molar refractivity (Wildman–Crippen MR) is 94.8 cm³/mol. The Bertz CT molecular complexity index is 959. The number of benzene rings is 1. The third-order valence-electron chi connectivity index (χ3n) is 3.67. The quantitative estimate of drug-likeness (QED) is 0.697. The van der Waals surface area contributed by atoms with Crippen LogP contribution >= 0.6 is 23.2 Å². The summed E-state index contributed by atoms with van der Waals surface area (Å²) in [4.78, 5) is 16.6. The van der Waals surface area contributed by atoms with Crippen LogP contribution in [0.2, 0.25) is 10.0 Å². The first-order valence-corrected chi connectivity index (χ1v) is 7.90. The van der Waals surface area contributed by atoms with Gasteiger partial charge in [-0.3, -0.25) is 4.98 Å². The SMILES string of the molecule is Cc1cc(Cl)c(-c2c(O)c(C)c(-c3ccccn3)oc2=O)c(Cl)c1. The fraction of sp³-hybridized carbons (Fsp3) is 0.111. The van der Waals surface area contributed by atoms with Crippen molar-refractivity contribution in [2.45, 2.75) is 13.8 Å². The number of pyridine rings is 1. The molecule has 122 valence electrons. The molecule has 0 saturated heterocycles. The number of halogens is 2. The molecule has 0 radical (unpaired) electrons. The minimum absolute atomic E-state index is 0.0535. The van der Waals surface area contributed by atoms with Gasteiger partial charge in [-0.1, -0.05) is 29.3 Å². The van der Waals surface area contributed by atoms with Crippen LogP contribution in [0.15, 0.2) is 45.7 Å². The predicted octanol–water partition coefficient (Wildman–Crippen LogP) is 5.00. The van der Waals surface area contributed by atoms with Crippen LogP contribution < -0.4 is 5.63 Å². The molecule has 0 aliphatic carbocycles. The van der Waals surface area contributed by atoms with E-state index in [-0.39, 0.29) is 32.7 Å². The number of hydrogen-bond acceptors (Lipinski definition) is 4. The lowest BCUT2D eigenvalue weighted by Gasteiger charge is -2.12. The molecule has 0 bridgehead atoms. The highest BCUT2D eigenvalue weighted by Crippen LogP contribution is 2.41. The highest BCUT2D eigenvalue weighted by atomic mass is 35.5. The molecule has 0 unspecified atom stereocenters. The first kappa shape index (κ1) is 16.6. The lowest BCUT2D eigenvalue weighted by atomic mass is 10.0. The standard InChI is InChI=1S/C18H13Cl2NO3/c1-9-7-11(19)14(12(20)8-9)15-16(22)10(2)17(24-18(15)23)13-5-3-4-6-21-13/h3-8,22H,1-2H3. The molecule has 0 aliphatic rings. The van der Waals surface area contributed by atoms with Gasteiger partial charge in [0.05, 0.1) is 10.0 Å². The zero-order chi connectivity index (χ0) is 17.4. The summed E-state index contributed by atoms with van der Waals surface area (Å²) in [6, 6.07) is 8.54. The lowest BCUT2D eigenvalue weighted by Crippen LogP contribution is -2.07. The summed E-state index contributed by atoms with van der Waals surface area (Å²) in [5, 5.41) is 11.1. The molecule has 0 aliphatic heterocycles. The summed E-state index contributed by atoms with van der Waals surface area (Å²) in [6.45, 7) is 3.47.